The third kappa shape index (κ3) is 1.46. The molecule has 14 heavy (non-hydrogen) atoms. The van der Waals surface area contributed by atoms with Crippen molar-refractivity contribution in [3.8, 4) is 0 Å². The molecule has 0 aromatic rings. The van der Waals surface area contributed by atoms with Gasteiger partial charge in [-0.15, -0.1) is 0 Å². The Morgan fingerprint density at radius 3 is 2.86 bits per heavy atom. The highest BCUT2D eigenvalue weighted by Gasteiger charge is 2.27. The third-order valence-corrected chi connectivity index (χ3v) is 2.12. The van der Waals surface area contributed by atoms with E-state index in [2.05, 4.69) is 4.74 Å². The molecule has 2 rings (SSSR count). The van der Waals surface area contributed by atoms with E-state index >= 15 is 0 Å². The van der Waals surface area contributed by atoms with Crippen molar-refractivity contribution >= 4 is 11.9 Å². The minimum absolute atomic E-state index is 0.0950. The van der Waals surface area contributed by atoms with Gasteiger partial charge in [-0.2, -0.15) is 0 Å². The fraction of sp³-hybridized carbons (Fsp3) is 0.200. The summed E-state index contributed by atoms with van der Waals surface area (Å²) in [6.07, 6.45) is 4.99. The lowest BCUT2D eigenvalue weighted by Gasteiger charge is -2.14. The van der Waals surface area contributed by atoms with Gasteiger partial charge in [-0.05, 0) is 11.6 Å². The molecular weight excluding hydrogens is 184 g/mol. The highest BCUT2D eigenvalue weighted by molar-refractivity contribution is 6.01. The van der Waals surface area contributed by atoms with Crippen molar-refractivity contribution in [2.24, 2.45) is 0 Å². The van der Waals surface area contributed by atoms with Crippen LogP contribution < -0.4 is 0 Å². The molecular formula is C10H8O4. The number of hydrogen-bond donors (Lipinski definition) is 1. The van der Waals surface area contributed by atoms with Gasteiger partial charge in [0.1, 0.15) is 0 Å². The molecule has 72 valence electrons. The summed E-state index contributed by atoms with van der Waals surface area (Å²) in [6, 6.07) is 0. The maximum absolute atomic E-state index is 11.3. The normalized spacial score (nSPS) is 21.3. The molecule has 1 heterocycles. The van der Waals surface area contributed by atoms with Crippen LogP contribution in [0.25, 0.3) is 0 Å². The maximum Gasteiger partial charge on any atom is 0.342 e. The second kappa shape index (κ2) is 3.14. The Morgan fingerprint density at radius 1 is 1.29 bits per heavy atom. The number of cyclic esters (lactones) is 2. The van der Waals surface area contributed by atoms with Crippen molar-refractivity contribution < 1.29 is 19.4 Å². The number of carbonyl (C=O) groups excluding carboxylic acids is 2. The number of aliphatic hydroxyl groups is 1. The van der Waals surface area contributed by atoms with Crippen LogP contribution in [0, 0.1) is 0 Å². The summed E-state index contributed by atoms with van der Waals surface area (Å²) < 4.78 is 4.45. The van der Waals surface area contributed by atoms with Crippen LogP contribution in [0.2, 0.25) is 0 Å². The fourth-order valence-electron chi connectivity index (χ4n) is 1.45. The molecule has 0 aromatic heterocycles. The Kier molecular flexibility index (Phi) is 1.96. The summed E-state index contributed by atoms with van der Waals surface area (Å²) in [4.78, 5) is 22.2. The first-order chi connectivity index (χ1) is 6.66. The van der Waals surface area contributed by atoms with Crippen LogP contribution in [0.15, 0.2) is 35.1 Å². The molecule has 0 saturated heterocycles. The topological polar surface area (TPSA) is 63.6 Å². The van der Waals surface area contributed by atoms with Gasteiger partial charge in [0.15, 0.2) is 0 Å². The molecule has 0 fully saturated rings. The van der Waals surface area contributed by atoms with E-state index in [0.29, 0.717) is 11.1 Å². The SMILES string of the molecule is O=C1CC2=C(CC(O)=CC=C2)C(=O)O1. The number of aliphatic hydroxyl groups excluding tert-OH is 1. The van der Waals surface area contributed by atoms with Crippen molar-refractivity contribution in [2.45, 2.75) is 12.8 Å². The molecule has 0 radical (unpaired) electrons. The molecule has 0 spiro atoms. The van der Waals surface area contributed by atoms with Crippen LogP contribution in [0.3, 0.4) is 0 Å². The predicted octanol–water partition coefficient (Wildman–Crippen LogP) is 1.16. The van der Waals surface area contributed by atoms with Gasteiger partial charge >= 0.3 is 11.9 Å². The van der Waals surface area contributed by atoms with E-state index in [1.165, 1.54) is 6.08 Å². The van der Waals surface area contributed by atoms with Crippen LogP contribution in [-0.4, -0.2) is 17.0 Å². The lowest BCUT2D eigenvalue weighted by molar-refractivity contribution is -0.157. The first-order valence-corrected chi connectivity index (χ1v) is 4.20. The number of allylic oxidation sites excluding steroid dienone is 4. The largest absolute Gasteiger partial charge is 0.512 e. The van der Waals surface area contributed by atoms with Gasteiger partial charge < -0.3 is 9.84 Å². The standard InChI is InChI=1S/C10H8O4/c11-7-3-1-2-6-4-9(12)14-10(13)8(6)5-7/h1-3,11H,4-5H2. The lowest BCUT2D eigenvalue weighted by Crippen LogP contribution is -2.21. The Balaban J connectivity index is 2.42. The van der Waals surface area contributed by atoms with E-state index in [4.69, 9.17) is 0 Å². The molecule has 0 unspecified atom stereocenters. The van der Waals surface area contributed by atoms with Crippen LogP contribution in [0.1, 0.15) is 12.8 Å². The molecule has 0 amide bonds. The van der Waals surface area contributed by atoms with Crippen LogP contribution in [0.4, 0.5) is 0 Å². The van der Waals surface area contributed by atoms with E-state index in [9.17, 15) is 14.7 Å². The molecule has 1 aliphatic carbocycles. The second-order valence-electron chi connectivity index (χ2n) is 3.14. The highest BCUT2D eigenvalue weighted by Crippen LogP contribution is 2.26. The summed E-state index contributed by atoms with van der Waals surface area (Å²) in [5.74, 6) is -1.10. The Labute approximate surface area is 80.2 Å². The quantitative estimate of drug-likeness (QED) is 0.462. The summed E-state index contributed by atoms with van der Waals surface area (Å²) in [5.41, 5.74) is 0.999. The van der Waals surface area contributed by atoms with Gasteiger partial charge in [0.25, 0.3) is 0 Å². The van der Waals surface area contributed by atoms with Gasteiger partial charge in [-0.25, -0.2) is 4.79 Å². The molecule has 0 bridgehead atoms. The average Bonchev–Trinajstić information content (AvgIpc) is 2.27. The first kappa shape index (κ1) is 8.74. The number of carbonyl (C=O) groups is 2. The van der Waals surface area contributed by atoms with Crippen molar-refractivity contribution in [2.75, 3.05) is 0 Å². The van der Waals surface area contributed by atoms with Crippen molar-refractivity contribution in [1.82, 2.24) is 0 Å². The van der Waals surface area contributed by atoms with Crippen molar-refractivity contribution in [3.63, 3.8) is 0 Å². The van der Waals surface area contributed by atoms with Crippen molar-refractivity contribution in [1.29, 1.82) is 0 Å². The molecule has 4 heteroatoms. The summed E-state index contributed by atoms with van der Waals surface area (Å²) in [6.45, 7) is 0. The number of rotatable bonds is 0. The number of hydrogen-bond acceptors (Lipinski definition) is 4. The van der Waals surface area contributed by atoms with E-state index in [0.717, 1.165) is 0 Å². The summed E-state index contributed by atoms with van der Waals surface area (Å²) in [7, 11) is 0. The smallest absolute Gasteiger partial charge is 0.342 e. The van der Waals surface area contributed by atoms with Crippen molar-refractivity contribution in [3.05, 3.63) is 35.1 Å². The van der Waals surface area contributed by atoms with E-state index < -0.39 is 11.9 Å². The zero-order valence-electron chi connectivity index (χ0n) is 7.32. The van der Waals surface area contributed by atoms with Crippen LogP contribution in [0.5, 0.6) is 0 Å². The van der Waals surface area contributed by atoms with Gasteiger partial charge in [-0.1, -0.05) is 12.2 Å². The lowest BCUT2D eigenvalue weighted by atomic mass is 10.0. The minimum Gasteiger partial charge on any atom is -0.512 e. The molecule has 2 aliphatic rings. The van der Waals surface area contributed by atoms with Gasteiger partial charge in [-0.3, -0.25) is 4.79 Å². The molecule has 4 nitrogen and oxygen atoms in total. The zero-order chi connectivity index (χ0) is 10.1. The first-order valence-electron chi connectivity index (χ1n) is 4.20. The Morgan fingerprint density at radius 2 is 2.07 bits per heavy atom. The fourth-order valence-corrected chi connectivity index (χ4v) is 1.45. The summed E-state index contributed by atoms with van der Waals surface area (Å²) in [5, 5.41) is 9.29. The van der Waals surface area contributed by atoms with E-state index in [-0.39, 0.29) is 18.6 Å². The predicted molar refractivity (Wildman–Crippen MR) is 47.2 cm³/mol. The maximum atomic E-state index is 11.3. The highest BCUT2D eigenvalue weighted by atomic mass is 16.6. The Bertz CT molecular complexity index is 398. The molecule has 1 aliphatic heterocycles. The number of ether oxygens (including phenoxy) is 1. The molecule has 0 aromatic carbocycles. The molecule has 1 N–H and O–H groups in total. The minimum atomic E-state index is -0.650. The van der Waals surface area contributed by atoms with Gasteiger partial charge in [0.2, 0.25) is 0 Å². The second-order valence-corrected chi connectivity index (χ2v) is 3.14. The van der Waals surface area contributed by atoms with E-state index in [1.807, 2.05) is 0 Å². The zero-order valence-corrected chi connectivity index (χ0v) is 7.32. The monoisotopic (exact) mass is 192 g/mol. The number of esters is 2. The molecule has 0 atom stereocenters. The average molecular weight is 192 g/mol. The molecule has 0 saturated carbocycles. The van der Waals surface area contributed by atoms with Gasteiger partial charge in [0.05, 0.1) is 12.2 Å². The van der Waals surface area contributed by atoms with Gasteiger partial charge in [0, 0.05) is 12.0 Å². The van der Waals surface area contributed by atoms with E-state index in [1.54, 1.807) is 12.2 Å². The Hall–Kier alpha value is -1.84. The van der Waals surface area contributed by atoms with Crippen LogP contribution >= 0.6 is 0 Å². The van der Waals surface area contributed by atoms with Crippen LogP contribution in [-0.2, 0) is 14.3 Å². The summed E-state index contributed by atoms with van der Waals surface area (Å²) >= 11 is 0. The third-order valence-electron chi connectivity index (χ3n) is 2.12.